The van der Waals surface area contributed by atoms with E-state index in [1.807, 2.05) is 35.2 Å². The van der Waals surface area contributed by atoms with Gasteiger partial charge in [0.1, 0.15) is 0 Å². The van der Waals surface area contributed by atoms with Gasteiger partial charge in [-0.1, -0.05) is 54.6 Å². The number of aryl methyl sites for hydroxylation is 3. The molecule has 0 aromatic heterocycles. The highest BCUT2D eigenvalue weighted by atomic mass is 16.2. The van der Waals surface area contributed by atoms with Crippen molar-refractivity contribution in [2.24, 2.45) is 0 Å². The molecule has 0 unspecified atom stereocenters. The third-order valence-corrected chi connectivity index (χ3v) is 5.81. The lowest BCUT2D eigenvalue weighted by Crippen LogP contribution is -2.48. The SMILES string of the molecule is Cc1ccc(N2CCN(C(=O)c3ccccc3)CC2)cc1CCc1ccccc1. The standard InChI is InChI=1S/C26H28N2O/c1-21-12-15-25(20-24(21)14-13-22-8-4-2-5-9-22)27-16-18-28(19-17-27)26(29)23-10-6-3-7-11-23/h2-12,15,20H,13-14,16-19H2,1H3. The number of rotatable bonds is 5. The van der Waals surface area contributed by atoms with Crippen molar-refractivity contribution in [3.8, 4) is 0 Å². The van der Waals surface area contributed by atoms with Crippen molar-refractivity contribution in [2.75, 3.05) is 31.1 Å². The van der Waals surface area contributed by atoms with Crippen molar-refractivity contribution >= 4 is 11.6 Å². The van der Waals surface area contributed by atoms with Gasteiger partial charge in [0, 0.05) is 37.4 Å². The van der Waals surface area contributed by atoms with Crippen molar-refractivity contribution in [3.05, 3.63) is 101 Å². The number of hydrogen-bond donors (Lipinski definition) is 0. The summed E-state index contributed by atoms with van der Waals surface area (Å²) in [5, 5.41) is 0. The van der Waals surface area contributed by atoms with Gasteiger partial charge in [0.25, 0.3) is 5.91 Å². The highest BCUT2D eigenvalue weighted by Gasteiger charge is 2.22. The second-order valence-electron chi connectivity index (χ2n) is 7.74. The molecule has 3 nitrogen and oxygen atoms in total. The maximum Gasteiger partial charge on any atom is 0.253 e. The highest BCUT2D eigenvalue weighted by molar-refractivity contribution is 5.94. The van der Waals surface area contributed by atoms with Gasteiger partial charge in [0.05, 0.1) is 0 Å². The fourth-order valence-corrected chi connectivity index (χ4v) is 3.98. The summed E-state index contributed by atoms with van der Waals surface area (Å²) in [7, 11) is 0. The van der Waals surface area contributed by atoms with Gasteiger partial charge in [0.15, 0.2) is 0 Å². The van der Waals surface area contributed by atoms with E-state index >= 15 is 0 Å². The summed E-state index contributed by atoms with van der Waals surface area (Å²) in [6, 6.07) is 27.0. The molecule has 29 heavy (non-hydrogen) atoms. The molecule has 0 radical (unpaired) electrons. The second-order valence-corrected chi connectivity index (χ2v) is 7.74. The van der Waals surface area contributed by atoms with E-state index in [2.05, 4.69) is 60.4 Å². The molecule has 0 N–H and O–H groups in total. The number of piperazine rings is 1. The lowest BCUT2D eigenvalue weighted by atomic mass is 9.99. The lowest BCUT2D eigenvalue weighted by Gasteiger charge is -2.36. The Morgan fingerprint density at radius 2 is 1.45 bits per heavy atom. The number of anilines is 1. The number of nitrogens with zero attached hydrogens (tertiary/aromatic N) is 2. The zero-order valence-corrected chi connectivity index (χ0v) is 17.1. The van der Waals surface area contributed by atoms with Gasteiger partial charge in [0.2, 0.25) is 0 Å². The average Bonchev–Trinajstić information content (AvgIpc) is 2.79. The molecular weight excluding hydrogens is 356 g/mol. The summed E-state index contributed by atoms with van der Waals surface area (Å²) in [5.41, 5.74) is 6.19. The van der Waals surface area contributed by atoms with Crippen LogP contribution in [0.2, 0.25) is 0 Å². The van der Waals surface area contributed by atoms with Crippen molar-refractivity contribution in [1.82, 2.24) is 4.90 Å². The summed E-state index contributed by atoms with van der Waals surface area (Å²) in [4.78, 5) is 17.0. The average molecular weight is 385 g/mol. The fraction of sp³-hybridized carbons (Fsp3) is 0.269. The minimum absolute atomic E-state index is 0.137. The predicted octanol–water partition coefficient (Wildman–Crippen LogP) is 4.74. The minimum Gasteiger partial charge on any atom is -0.368 e. The van der Waals surface area contributed by atoms with Crippen LogP contribution in [0.5, 0.6) is 0 Å². The summed E-state index contributed by atoms with van der Waals surface area (Å²) in [6.07, 6.45) is 2.11. The van der Waals surface area contributed by atoms with Crippen LogP contribution in [0.25, 0.3) is 0 Å². The summed E-state index contributed by atoms with van der Waals surface area (Å²) < 4.78 is 0. The Balaban J connectivity index is 1.39. The van der Waals surface area contributed by atoms with Crippen molar-refractivity contribution in [1.29, 1.82) is 0 Å². The van der Waals surface area contributed by atoms with Crippen LogP contribution in [0, 0.1) is 6.92 Å². The molecule has 1 aliphatic heterocycles. The van der Waals surface area contributed by atoms with Gasteiger partial charge < -0.3 is 9.80 Å². The number of hydrogen-bond acceptors (Lipinski definition) is 2. The van der Waals surface area contributed by atoms with E-state index < -0.39 is 0 Å². The van der Waals surface area contributed by atoms with Gasteiger partial charge in [-0.05, 0) is 60.7 Å². The minimum atomic E-state index is 0.137. The van der Waals surface area contributed by atoms with Crippen molar-refractivity contribution < 1.29 is 4.79 Å². The third-order valence-electron chi connectivity index (χ3n) is 5.81. The van der Waals surface area contributed by atoms with Crippen molar-refractivity contribution in [3.63, 3.8) is 0 Å². The van der Waals surface area contributed by atoms with E-state index in [0.29, 0.717) is 0 Å². The third kappa shape index (κ3) is 4.68. The van der Waals surface area contributed by atoms with Crippen LogP contribution in [-0.2, 0) is 12.8 Å². The zero-order chi connectivity index (χ0) is 20.1. The van der Waals surface area contributed by atoms with E-state index in [1.54, 1.807) is 0 Å². The van der Waals surface area contributed by atoms with Crippen LogP contribution < -0.4 is 4.90 Å². The molecule has 148 valence electrons. The van der Waals surface area contributed by atoms with Gasteiger partial charge >= 0.3 is 0 Å². The molecule has 3 heteroatoms. The molecule has 1 aliphatic rings. The smallest absolute Gasteiger partial charge is 0.253 e. The van der Waals surface area contributed by atoms with Gasteiger partial charge in [-0.15, -0.1) is 0 Å². The summed E-state index contributed by atoms with van der Waals surface area (Å²) in [6.45, 7) is 5.47. The predicted molar refractivity (Wildman–Crippen MR) is 120 cm³/mol. The Morgan fingerprint density at radius 1 is 0.793 bits per heavy atom. The maximum atomic E-state index is 12.7. The van der Waals surface area contributed by atoms with E-state index in [1.165, 1.54) is 22.4 Å². The van der Waals surface area contributed by atoms with Gasteiger partial charge in [-0.25, -0.2) is 0 Å². The van der Waals surface area contributed by atoms with Crippen LogP contribution in [0.3, 0.4) is 0 Å². The Hall–Kier alpha value is -3.07. The first-order valence-electron chi connectivity index (χ1n) is 10.4. The van der Waals surface area contributed by atoms with E-state index in [9.17, 15) is 4.79 Å². The molecule has 0 bridgehead atoms. The number of carbonyl (C=O) groups excluding carboxylic acids is 1. The van der Waals surface area contributed by atoms with Crippen LogP contribution in [-0.4, -0.2) is 37.0 Å². The number of carbonyl (C=O) groups is 1. The molecular formula is C26H28N2O. The Bertz CT molecular complexity index is 945. The molecule has 1 heterocycles. The molecule has 1 amide bonds. The molecule has 0 aliphatic carbocycles. The fourth-order valence-electron chi connectivity index (χ4n) is 3.98. The normalized spacial score (nSPS) is 14.1. The topological polar surface area (TPSA) is 23.6 Å². The van der Waals surface area contributed by atoms with Crippen molar-refractivity contribution in [2.45, 2.75) is 19.8 Å². The van der Waals surface area contributed by atoms with Crippen LogP contribution in [0.4, 0.5) is 5.69 Å². The van der Waals surface area contributed by atoms with Crippen LogP contribution >= 0.6 is 0 Å². The monoisotopic (exact) mass is 384 g/mol. The highest BCUT2D eigenvalue weighted by Crippen LogP contribution is 2.22. The quantitative estimate of drug-likeness (QED) is 0.634. The second kappa shape index (κ2) is 8.95. The van der Waals surface area contributed by atoms with Gasteiger partial charge in [-0.2, -0.15) is 0 Å². The largest absolute Gasteiger partial charge is 0.368 e. The van der Waals surface area contributed by atoms with Crippen LogP contribution in [0.1, 0.15) is 27.0 Å². The number of benzene rings is 3. The van der Waals surface area contributed by atoms with Gasteiger partial charge in [-0.3, -0.25) is 4.79 Å². The van der Waals surface area contributed by atoms with E-state index in [-0.39, 0.29) is 5.91 Å². The number of amides is 1. The zero-order valence-electron chi connectivity index (χ0n) is 17.1. The summed E-state index contributed by atoms with van der Waals surface area (Å²) >= 11 is 0. The van der Waals surface area contributed by atoms with E-state index in [4.69, 9.17) is 0 Å². The molecule has 4 rings (SSSR count). The molecule has 0 saturated carbocycles. The molecule has 1 saturated heterocycles. The van der Waals surface area contributed by atoms with E-state index in [0.717, 1.165) is 44.6 Å². The Morgan fingerprint density at radius 3 is 2.14 bits per heavy atom. The first kappa shape index (κ1) is 19.3. The Kier molecular flexibility index (Phi) is 5.95. The molecule has 3 aromatic carbocycles. The maximum absolute atomic E-state index is 12.7. The molecule has 0 spiro atoms. The summed E-state index contributed by atoms with van der Waals surface area (Å²) in [5.74, 6) is 0.137. The molecule has 1 fully saturated rings. The first-order chi connectivity index (χ1) is 14.2. The first-order valence-corrected chi connectivity index (χ1v) is 10.4. The van der Waals surface area contributed by atoms with Crippen LogP contribution in [0.15, 0.2) is 78.9 Å². The lowest BCUT2D eigenvalue weighted by molar-refractivity contribution is 0.0747. The Labute approximate surface area is 173 Å². The molecule has 0 atom stereocenters. The molecule has 3 aromatic rings.